The van der Waals surface area contributed by atoms with Gasteiger partial charge < -0.3 is 11.1 Å². The van der Waals surface area contributed by atoms with E-state index in [4.69, 9.17) is 5.73 Å². The highest BCUT2D eigenvalue weighted by atomic mass is 16.2. The number of hydrogen-bond acceptors (Lipinski definition) is 3. The molecule has 0 fully saturated rings. The van der Waals surface area contributed by atoms with Gasteiger partial charge in [0.2, 0.25) is 5.91 Å². The second-order valence-electron chi connectivity index (χ2n) is 8.06. The molecule has 1 heterocycles. The Bertz CT molecular complexity index is 1330. The summed E-state index contributed by atoms with van der Waals surface area (Å²) in [5, 5.41) is 3.44. The van der Waals surface area contributed by atoms with Gasteiger partial charge in [-0.2, -0.15) is 0 Å². The Hall–Kier alpha value is -4.38. The van der Waals surface area contributed by atoms with Crippen molar-refractivity contribution in [3.05, 3.63) is 113 Å². The van der Waals surface area contributed by atoms with Gasteiger partial charge in [0.15, 0.2) is 0 Å². The highest BCUT2D eigenvalue weighted by molar-refractivity contribution is 6.13. The van der Waals surface area contributed by atoms with Crippen LogP contribution in [0.15, 0.2) is 91.0 Å². The summed E-state index contributed by atoms with van der Waals surface area (Å²) in [4.78, 5) is 27.3. The summed E-state index contributed by atoms with van der Waals surface area (Å²) in [5.74, 6) is -0.555. The van der Waals surface area contributed by atoms with Gasteiger partial charge in [-0.15, -0.1) is 0 Å². The lowest BCUT2D eigenvalue weighted by Gasteiger charge is -2.24. The van der Waals surface area contributed by atoms with Crippen LogP contribution in [0.2, 0.25) is 0 Å². The smallest absolute Gasteiger partial charge is 0.262 e. The summed E-state index contributed by atoms with van der Waals surface area (Å²) in [7, 11) is 0. The summed E-state index contributed by atoms with van der Waals surface area (Å²) in [5.41, 5.74) is 12.9. The molecule has 3 N–H and O–H groups in total. The Morgan fingerprint density at radius 3 is 2.27 bits per heavy atom. The van der Waals surface area contributed by atoms with Gasteiger partial charge in [0.1, 0.15) is 0 Å². The molecule has 5 rings (SSSR count). The number of fused-ring (bicyclic) bond motifs is 2. The number of nitrogens with zero attached hydrogens (tertiary/aromatic N) is 1. The first-order valence-corrected chi connectivity index (χ1v) is 10.8. The third-order valence-corrected chi connectivity index (χ3v) is 6.09. The molecule has 33 heavy (non-hydrogen) atoms. The van der Waals surface area contributed by atoms with Crippen molar-refractivity contribution in [2.45, 2.75) is 13.5 Å². The number of carbonyl (C=O) groups is 2. The SMILES string of the molecule is Cc1c(C(N)=O)cccc1-c1ccc(C(=O)N2c3ccccc3CNc3ccccc32)cc1. The molecule has 162 valence electrons. The Balaban J connectivity index is 1.55. The van der Waals surface area contributed by atoms with E-state index in [2.05, 4.69) is 5.32 Å². The van der Waals surface area contributed by atoms with E-state index in [0.29, 0.717) is 17.7 Å². The van der Waals surface area contributed by atoms with Gasteiger partial charge in [-0.25, -0.2) is 0 Å². The lowest BCUT2D eigenvalue weighted by Crippen LogP contribution is -2.26. The van der Waals surface area contributed by atoms with Crippen molar-refractivity contribution in [2.24, 2.45) is 5.73 Å². The minimum atomic E-state index is -0.451. The van der Waals surface area contributed by atoms with Gasteiger partial charge in [-0.1, -0.05) is 54.6 Å². The van der Waals surface area contributed by atoms with Crippen LogP contribution < -0.4 is 16.0 Å². The lowest BCUT2D eigenvalue weighted by atomic mass is 9.95. The molecule has 0 aromatic heterocycles. The zero-order valence-corrected chi connectivity index (χ0v) is 18.2. The van der Waals surface area contributed by atoms with Crippen LogP contribution in [0.3, 0.4) is 0 Å². The maximum Gasteiger partial charge on any atom is 0.262 e. The first-order chi connectivity index (χ1) is 16.0. The van der Waals surface area contributed by atoms with Crippen LogP contribution in [0, 0.1) is 6.92 Å². The van der Waals surface area contributed by atoms with E-state index in [1.165, 1.54) is 0 Å². The molecule has 0 unspecified atom stereocenters. The summed E-state index contributed by atoms with van der Waals surface area (Å²) in [6.07, 6.45) is 0. The minimum Gasteiger partial charge on any atom is -0.379 e. The van der Waals surface area contributed by atoms with Gasteiger partial charge in [0.05, 0.1) is 17.1 Å². The van der Waals surface area contributed by atoms with E-state index >= 15 is 0 Å². The largest absolute Gasteiger partial charge is 0.379 e. The van der Waals surface area contributed by atoms with Crippen molar-refractivity contribution < 1.29 is 9.59 Å². The number of amides is 2. The predicted molar refractivity (Wildman–Crippen MR) is 132 cm³/mol. The molecule has 5 nitrogen and oxygen atoms in total. The highest BCUT2D eigenvalue weighted by Gasteiger charge is 2.26. The van der Waals surface area contributed by atoms with Crippen LogP contribution in [0.25, 0.3) is 11.1 Å². The average Bonchev–Trinajstić information content (AvgIpc) is 3.01. The molecule has 0 radical (unpaired) electrons. The zero-order chi connectivity index (χ0) is 22.9. The van der Waals surface area contributed by atoms with Crippen molar-refractivity contribution in [3.63, 3.8) is 0 Å². The van der Waals surface area contributed by atoms with E-state index in [-0.39, 0.29) is 5.91 Å². The summed E-state index contributed by atoms with van der Waals surface area (Å²) in [6, 6.07) is 28.8. The third kappa shape index (κ3) is 3.64. The van der Waals surface area contributed by atoms with Gasteiger partial charge in [-0.3, -0.25) is 14.5 Å². The first-order valence-electron chi connectivity index (χ1n) is 10.8. The van der Waals surface area contributed by atoms with Gasteiger partial charge >= 0.3 is 0 Å². The Morgan fingerprint density at radius 1 is 0.818 bits per heavy atom. The normalized spacial score (nSPS) is 12.2. The first kappa shape index (κ1) is 20.5. The number of carbonyl (C=O) groups excluding carboxylic acids is 2. The number of para-hydroxylation sites is 3. The molecule has 0 bridgehead atoms. The summed E-state index contributed by atoms with van der Waals surface area (Å²) < 4.78 is 0. The fraction of sp³-hybridized carbons (Fsp3) is 0.0714. The Kier molecular flexibility index (Phi) is 5.15. The molecule has 4 aromatic carbocycles. The van der Waals surface area contributed by atoms with Crippen LogP contribution >= 0.6 is 0 Å². The molecule has 1 aliphatic heterocycles. The van der Waals surface area contributed by atoms with Crippen molar-refractivity contribution >= 4 is 28.9 Å². The van der Waals surface area contributed by atoms with Crippen molar-refractivity contribution in [3.8, 4) is 11.1 Å². The van der Waals surface area contributed by atoms with Crippen molar-refractivity contribution in [2.75, 3.05) is 10.2 Å². The molecule has 0 saturated heterocycles. The van der Waals surface area contributed by atoms with E-state index < -0.39 is 5.91 Å². The number of nitrogens with two attached hydrogens (primary N) is 1. The number of hydrogen-bond donors (Lipinski definition) is 2. The molecule has 0 spiro atoms. The second kappa shape index (κ2) is 8.28. The van der Waals surface area contributed by atoms with E-state index in [1.807, 2.05) is 91.9 Å². The van der Waals surface area contributed by atoms with Crippen LogP contribution in [0.1, 0.15) is 31.8 Å². The summed E-state index contributed by atoms with van der Waals surface area (Å²) in [6.45, 7) is 2.53. The topological polar surface area (TPSA) is 75.4 Å². The van der Waals surface area contributed by atoms with E-state index in [0.717, 1.165) is 39.3 Å². The van der Waals surface area contributed by atoms with Crippen LogP contribution in [-0.4, -0.2) is 11.8 Å². The van der Waals surface area contributed by atoms with Crippen molar-refractivity contribution in [1.29, 1.82) is 0 Å². The molecular formula is C28H23N3O2. The molecule has 2 amide bonds. The van der Waals surface area contributed by atoms with E-state index in [9.17, 15) is 9.59 Å². The van der Waals surface area contributed by atoms with Crippen LogP contribution in [0.5, 0.6) is 0 Å². The lowest BCUT2D eigenvalue weighted by molar-refractivity contribution is 0.0991. The second-order valence-corrected chi connectivity index (χ2v) is 8.06. The van der Waals surface area contributed by atoms with Crippen molar-refractivity contribution in [1.82, 2.24) is 0 Å². The molecule has 4 aromatic rings. The number of anilines is 3. The maximum absolute atomic E-state index is 13.8. The van der Waals surface area contributed by atoms with Gasteiger partial charge in [0.25, 0.3) is 5.91 Å². The third-order valence-electron chi connectivity index (χ3n) is 6.09. The molecule has 5 heteroatoms. The number of rotatable bonds is 3. The minimum absolute atomic E-state index is 0.104. The zero-order valence-electron chi connectivity index (χ0n) is 18.2. The number of nitrogens with one attached hydrogen (secondary N) is 1. The number of primary amides is 1. The van der Waals surface area contributed by atoms with Gasteiger partial charge in [0, 0.05) is 17.7 Å². The predicted octanol–water partition coefficient (Wildman–Crippen LogP) is 5.66. The fourth-order valence-corrected chi connectivity index (χ4v) is 4.37. The Morgan fingerprint density at radius 2 is 1.52 bits per heavy atom. The number of benzene rings is 4. The fourth-order valence-electron chi connectivity index (χ4n) is 4.37. The van der Waals surface area contributed by atoms with E-state index in [1.54, 1.807) is 11.0 Å². The molecule has 0 atom stereocenters. The molecule has 0 saturated carbocycles. The van der Waals surface area contributed by atoms with Gasteiger partial charge in [-0.05, 0) is 65.6 Å². The van der Waals surface area contributed by atoms with Crippen LogP contribution in [-0.2, 0) is 6.54 Å². The Labute approximate surface area is 192 Å². The summed E-state index contributed by atoms with van der Waals surface area (Å²) >= 11 is 0. The van der Waals surface area contributed by atoms with Crippen LogP contribution in [0.4, 0.5) is 17.1 Å². The standard InChI is InChI=1S/C28H23N3O2/c1-18-22(8-6-9-23(18)27(29)32)19-13-15-20(16-14-19)28(33)31-25-11-4-2-7-21(25)17-30-24-10-3-5-12-26(24)31/h2-16,30H,17H2,1H3,(H2,29,32). The quantitative estimate of drug-likeness (QED) is 0.437. The molecule has 1 aliphatic rings. The monoisotopic (exact) mass is 433 g/mol. The highest BCUT2D eigenvalue weighted by Crippen LogP contribution is 2.38. The molecular weight excluding hydrogens is 410 g/mol. The average molecular weight is 434 g/mol. The molecule has 0 aliphatic carbocycles. The maximum atomic E-state index is 13.8.